The van der Waals surface area contributed by atoms with Gasteiger partial charge in [0.15, 0.2) is 0 Å². The van der Waals surface area contributed by atoms with Gasteiger partial charge in [-0.3, -0.25) is 0 Å². The second kappa shape index (κ2) is 3.78. The first-order valence-corrected chi connectivity index (χ1v) is 5.60. The van der Waals surface area contributed by atoms with E-state index in [0.717, 1.165) is 11.8 Å². The highest BCUT2D eigenvalue weighted by Crippen LogP contribution is 2.35. The average Bonchev–Trinajstić information content (AvgIpc) is 2.11. The van der Waals surface area contributed by atoms with Crippen molar-refractivity contribution in [1.82, 2.24) is 0 Å². The molecule has 2 aliphatic carbocycles. The first-order chi connectivity index (χ1) is 5.84. The molecule has 0 amide bonds. The van der Waals surface area contributed by atoms with Crippen LogP contribution in [0.2, 0.25) is 0 Å². The summed E-state index contributed by atoms with van der Waals surface area (Å²) in [6.07, 6.45) is 11.4. The Morgan fingerprint density at radius 1 is 0.750 bits per heavy atom. The monoisotopic (exact) mass is 167 g/mol. The van der Waals surface area contributed by atoms with Gasteiger partial charge in [-0.25, -0.2) is 0 Å². The van der Waals surface area contributed by atoms with Crippen molar-refractivity contribution in [2.45, 2.75) is 57.4 Å². The maximum atomic E-state index is 6.09. The third-order valence-corrected chi connectivity index (χ3v) is 3.73. The topological polar surface area (TPSA) is 26.0 Å². The summed E-state index contributed by atoms with van der Waals surface area (Å²) in [6, 6.07) is 0.528. The molecule has 0 aromatic rings. The molecule has 0 heterocycles. The molecule has 0 radical (unpaired) electrons. The minimum Gasteiger partial charge on any atom is -0.328 e. The SMILES string of the molecule is NC1CC2CCCCC(CC2)C1. The molecule has 2 saturated carbocycles. The highest BCUT2D eigenvalue weighted by atomic mass is 14.6. The fraction of sp³-hybridized carbons (Fsp3) is 1.00. The van der Waals surface area contributed by atoms with Gasteiger partial charge >= 0.3 is 0 Å². The summed E-state index contributed by atoms with van der Waals surface area (Å²) in [4.78, 5) is 0. The molecule has 1 heteroatoms. The largest absolute Gasteiger partial charge is 0.328 e. The van der Waals surface area contributed by atoms with E-state index < -0.39 is 0 Å². The first-order valence-electron chi connectivity index (χ1n) is 5.60. The molecule has 2 bridgehead atoms. The van der Waals surface area contributed by atoms with Crippen molar-refractivity contribution in [3.63, 3.8) is 0 Å². The molecule has 2 unspecified atom stereocenters. The van der Waals surface area contributed by atoms with Gasteiger partial charge in [-0.2, -0.15) is 0 Å². The molecule has 2 rings (SSSR count). The molecule has 12 heavy (non-hydrogen) atoms. The van der Waals surface area contributed by atoms with Crippen LogP contribution in [0, 0.1) is 11.8 Å². The van der Waals surface area contributed by atoms with Crippen LogP contribution >= 0.6 is 0 Å². The highest BCUT2D eigenvalue weighted by Gasteiger charge is 2.25. The molecule has 2 N–H and O–H groups in total. The second-order valence-electron chi connectivity index (χ2n) is 4.83. The molecule has 0 spiro atoms. The van der Waals surface area contributed by atoms with Crippen LogP contribution in [0.4, 0.5) is 0 Å². The molecule has 0 saturated heterocycles. The van der Waals surface area contributed by atoms with Gasteiger partial charge in [0.25, 0.3) is 0 Å². The van der Waals surface area contributed by atoms with E-state index >= 15 is 0 Å². The average molecular weight is 167 g/mol. The van der Waals surface area contributed by atoms with Gasteiger partial charge in [-0.1, -0.05) is 38.5 Å². The minimum absolute atomic E-state index is 0.528. The molecule has 2 atom stereocenters. The van der Waals surface area contributed by atoms with Crippen LogP contribution in [-0.4, -0.2) is 6.04 Å². The van der Waals surface area contributed by atoms with Crippen LogP contribution in [-0.2, 0) is 0 Å². The predicted octanol–water partition coefficient (Wildman–Crippen LogP) is 2.69. The summed E-state index contributed by atoms with van der Waals surface area (Å²) in [5.41, 5.74) is 6.09. The predicted molar refractivity (Wildman–Crippen MR) is 51.9 cm³/mol. The van der Waals surface area contributed by atoms with Crippen LogP contribution in [0.1, 0.15) is 51.4 Å². The summed E-state index contributed by atoms with van der Waals surface area (Å²) in [7, 11) is 0. The standard InChI is InChI=1S/C11H21N/c12-11-7-9-3-1-2-4-10(8-11)6-5-9/h9-11H,1-8,12H2. The van der Waals surface area contributed by atoms with Crippen LogP contribution < -0.4 is 5.73 Å². The van der Waals surface area contributed by atoms with Crippen molar-refractivity contribution in [3.8, 4) is 0 Å². The summed E-state index contributed by atoms with van der Waals surface area (Å²) in [5.74, 6) is 1.95. The fourth-order valence-corrected chi connectivity index (χ4v) is 3.05. The number of fused-ring (bicyclic) bond motifs is 3. The third kappa shape index (κ3) is 2.01. The van der Waals surface area contributed by atoms with Gasteiger partial charge in [-0.15, -0.1) is 0 Å². The van der Waals surface area contributed by atoms with E-state index in [4.69, 9.17) is 5.73 Å². The Labute approximate surface area is 75.7 Å². The molecule has 0 aromatic heterocycles. The van der Waals surface area contributed by atoms with Crippen molar-refractivity contribution in [1.29, 1.82) is 0 Å². The lowest BCUT2D eigenvalue weighted by molar-refractivity contribution is 0.342. The molecule has 0 aliphatic heterocycles. The summed E-state index contributed by atoms with van der Waals surface area (Å²) in [5, 5.41) is 0. The van der Waals surface area contributed by atoms with E-state index in [2.05, 4.69) is 0 Å². The van der Waals surface area contributed by atoms with Crippen LogP contribution in [0.5, 0.6) is 0 Å². The Kier molecular flexibility index (Phi) is 2.69. The highest BCUT2D eigenvalue weighted by molar-refractivity contribution is 4.80. The van der Waals surface area contributed by atoms with Crippen molar-refractivity contribution in [2.24, 2.45) is 17.6 Å². The quantitative estimate of drug-likeness (QED) is 0.590. The maximum absolute atomic E-state index is 6.09. The second-order valence-corrected chi connectivity index (χ2v) is 4.83. The summed E-state index contributed by atoms with van der Waals surface area (Å²) in [6.45, 7) is 0. The zero-order valence-electron chi connectivity index (χ0n) is 7.97. The lowest BCUT2D eigenvalue weighted by atomic mass is 9.87. The van der Waals surface area contributed by atoms with E-state index in [1.165, 1.54) is 51.4 Å². The van der Waals surface area contributed by atoms with Gasteiger partial charge in [0.1, 0.15) is 0 Å². The number of rotatable bonds is 0. The first kappa shape index (κ1) is 8.55. The lowest BCUT2D eigenvalue weighted by Crippen LogP contribution is -2.22. The van der Waals surface area contributed by atoms with Crippen LogP contribution in [0.15, 0.2) is 0 Å². The number of hydrogen-bond donors (Lipinski definition) is 1. The van der Waals surface area contributed by atoms with Crippen LogP contribution in [0.3, 0.4) is 0 Å². The van der Waals surface area contributed by atoms with Gasteiger partial charge in [0.05, 0.1) is 0 Å². The molecular formula is C11H21N. The zero-order chi connectivity index (χ0) is 8.39. The molecule has 70 valence electrons. The molecular weight excluding hydrogens is 146 g/mol. The fourth-order valence-electron chi connectivity index (χ4n) is 3.05. The van der Waals surface area contributed by atoms with Crippen molar-refractivity contribution in [3.05, 3.63) is 0 Å². The Morgan fingerprint density at radius 3 is 1.75 bits per heavy atom. The molecule has 2 fully saturated rings. The number of hydrogen-bond acceptors (Lipinski definition) is 1. The summed E-state index contributed by atoms with van der Waals surface area (Å²) >= 11 is 0. The Bertz CT molecular complexity index is 128. The number of nitrogens with two attached hydrogens (primary N) is 1. The molecule has 1 nitrogen and oxygen atoms in total. The third-order valence-electron chi connectivity index (χ3n) is 3.73. The van der Waals surface area contributed by atoms with Crippen molar-refractivity contribution >= 4 is 0 Å². The molecule has 0 aromatic carbocycles. The van der Waals surface area contributed by atoms with E-state index in [9.17, 15) is 0 Å². The normalized spacial score (nSPS) is 43.2. The van der Waals surface area contributed by atoms with Crippen molar-refractivity contribution in [2.75, 3.05) is 0 Å². The van der Waals surface area contributed by atoms with Gasteiger partial charge in [-0.05, 0) is 24.7 Å². The minimum atomic E-state index is 0.528. The van der Waals surface area contributed by atoms with E-state index in [1.807, 2.05) is 0 Å². The zero-order valence-corrected chi connectivity index (χ0v) is 7.97. The molecule has 2 aliphatic rings. The van der Waals surface area contributed by atoms with Crippen molar-refractivity contribution < 1.29 is 0 Å². The summed E-state index contributed by atoms with van der Waals surface area (Å²) < 4.78 is 0. The van der Waals surface area contributed by atoms with E-state index in [-0.39, 0.29) is 0 Å². The lowest BCUT2D eigenvalue weighted by Gasteiger charge is -2.18. The smallest absolute Gasteiger partial charge is 0.00441 e. The Morgan fingerprint density at radius 2 is 1.25 bits per heavy atom. The Balaban J connectivity index is 2.02. The van der Waals surface area contributed by atoms with Gasteiger partial charge < -0.3 is 5.73 Å². The Hall–Kier alpha value is -0.0400. The maximum Gasteiger partial charge on any atom is 0.00441 e. The van der Waals surface area contributed by atoms with Gasteiger partial charge in [0, 0.05) is 6.04 Å². The van der Waals surface area contributed by atoms with Gasteiger partial charge in [0.2, 0.25) is 0 Å². The van der Waals surface area contributed by atoms with E-state index in [1.54, 1.807) is 0 Å². The van der Waals surface area contributed by atoms with Crippen LogP contribution in [0.25, 0.3) is 0 Å². The van der Waals surface area contributed by atoms with E-state index in [0.29, 0.717) is 6.04 Å².